The van der Waals surface area contributed by atoms with Gasteiger partial charge in [0.2, 0.25) is 5.75 Å². The summed E-state index contributed by atoms with van der Waals surface area (Å²) < 4.78 is 12.4. The van der Waals surface area contributed by atoms with Crippen LogP contribution in [0.25, 0.3) is 0 Å². The summed E-state index contributed by atoms with van der Waals surface area (Å²) in [4.78, 5) is 6.32. The van der Waals surface area contributed by atoms with Crippen LogP contribution in [0.1, 0.15) is 11.3 Å². The highest BCUT2D eigenvalue weighted by Crippen LogP contribution is 2.37. The predicted molar refractivity (Wildman–Crippen MR) is 103 cm³/mol. The van der Waals surface area contributed by atoms with Crippen LogP contribution in [0.4, 0.5) is 0 Å². The maximum absolute atomic E-state index is 10.0. The minimum Gasteiger partial charge on any atom is -0.502 e. The fourth-order valence-corrected chi connectivity index (χ4v) is 2.93. The van der Waals surface area contributed by atoms with Gasteiger partial charge >= 0.3 is 0 Å². The third-order valence-electron chi connectivity index (χ3n) is 4.04. The standard InChI is InChI=1S/C18H25ClN4O3/c1-20-18(23(3)11-14-8-13(19)10-22(14)2)21-9-12-6-15(25-4)17(24)16(7-12)26-5/h6-8,10,24H,9,11H2,1-5H3,(H,20,21). The third kappa shape index (κ3) is 4.54. The Bertz CT molecular complexity index is 764. The molecule has 0 bridgehead atoms. The molecule has 2 N–H and O–H groups in total. The van der Waals surface area contributed by atoms with Crippen LogP contribution in [-0.2, 0) is 20.1 Å². The SMILES string of the molecule is CN=C(NCc1cc(OC)c(O)c(OC)c1)N(C)Cc1cc(Cl)cn1C. The predicted octanol–water partition coefficient (Wildman–Crippen LogP) is 2.61. The van der Waals surface area contributed by atoms with E-state index in [9.17, 15) is 5.11 Å². The summed E-state index contributed by atoms with van der Waals surface area (Å²) in [5.41, 5.74) is 1.97. The Morgan fingerprint density at radius 1 is 1.27 bits per heavy atom. The van der Waals surface area contributed by atoms with Crippen molar-refractivity contribution in [2.75, 3.05) is 28.3 Å². The number of guanidine groups is 1. The molecule has 0 fully saturated rings. The number of methoxy groups -OCH3 is 2. The number of aryl methyl sites for hydroxylation is 1. The highest BCUT2D eigenvalue weighted by atomic mass is 35.5. The van der Waals surface area contributed by atoms with E-state index in [0.717, 1.165) is 17.2 Å². The lowest BCUT2D eigenvalue weighted by atomic mass is 10.2. The van der Waals surface area contributed by atoms with E-state index in [1.54, 1.807) is 19.2 Å². The first kappa shape index (κ1) is 19.8. The van der Waals surface area contributed by atoms with Crippen molar-refractivity contribution in [2.24, 2.45) is 12.0 Å². The quantitative estimate of drug-likeness (QED) is 0.595. The van der Waals surface area contributed by atoms with Gasteiger partial charge in [-0.2, -0.15) is 0 Å². The minimum absolute atomic E-state index is 0.0131. The van der Waals surface area contributed by atoms with Crippen LogP contribution in [0.2, 0.25) is 5.02 Å². The molecule has 2 aromatic rings. The number of nitrogens with one attached hydrogen (secondary N) is 1. The Morgan fingerprint density at radius 3 is 2.35 bits per heavy atom. The molecule has 1 aromatic carbocycles. The Morgan fingerprint density at radius 2 is 1.88 bits per heavy atom. The van der Waals surface area contributed by atoms with Gasteiger partial charge in [0.25, 0.3) is 0 Å². The van der Waals surface area contributed by atoms with Crippen molar-refractivity contribution >= 4 is 17.6 Å². The van der Waals surface area contributed by atoms with Gasteiger partial charge < -0.3 is 29.4 Å². The van der Waals surface area contributed by atoms with Gasteiger partial charge in [0, 0.05) is 39.6 Å². The molecule has 142 valence electrons. The number of phenolic OH excluding ortho intramolecular Hbond substituents is 1. The van der Waals surface area contributed by atoms with E-state index < -0.39 is 0 Å². The number of hydrogen-bond donors (Lipinski definition) is 2. The van der Waals surface area contributed by atoms with Gasteiger partial charge in [-0.1, -0.05) is 11.6 Å². The van der Waals surface area contributed by atoms with E-state index in [0.29, 0.717) is 29.6 Å². The van der Waals surface area contributed by atoms with Gasteiger partial charge in [-0.3, -0.25) is 4.99 Å². The first-order valence-corrected chi connectivity index (χ1v) is 8.43. The van der Waals surface area contributed by atoms with Gasteiger partial charge in [0.05, 0.1) is 25.8 Å². The number of nitrogens with zero attached hydrogens (tertiary/aromatic N) is 3. The fourth-order valence-electron chi connectivity index (χ4n) is 2.66. The zero-order chi connectivity index (χ0) is 19.3. The van der Waals surface area contributed by atoms with Crippen molar-refractivity contribution in [2.45, 2.75) is 13.1 Å². The molecule has 7 nitrogen and oxygen atoms in total. The van der Waals surface area contributed by atoms with E-state index in [-0.39, 0.29) is 5.75 Å². The molecule has 8 heteroatoms. The van der Waals surface area contributed by atoms with Crippen LogP contribution < -0.4 is 14.8 Å². The van der Waals surface area contributed by atoms with E-state index >= 15 is 0 Å². The highest BCUT2D eigenvalue weighted by Gasteiger charge is 2.13. The average Bonchev–Trinajstić information content (AvgIpc) is 2.93. The van der Waals surface area contributed by atoms with Crippen LogP contribution >= 0.6 is 11.6 Å². The Labute approximate surface area is 158 Å². The second-order valence-electron chi connectivity index (χ2n) is 5.87. The van der Waals surface area contributed by atoms with Gasteiger partial charge in [-0.15, -0.1) is 0 Å². The van der Waals surface area contributed by atoms with E-state index in [1.165, 1.54) is 14.2 Å². The maximum Gasteiger partial charge on any atom is 0.200 e. The fraction of sp³-hybridized carbons (Fsp3) is 0.389. The average molecular weight is 381 g/mol. The maximum atomic E-state index is 10.0. The molecule has 0 aliphatic rings. The number of benzene rings is 1. The second-order valence-corrected chi connectivity index (χ2v) is 6.30. The number of halogens is 1. The lowest BCUT2D eigenvalue weighted by Crippen LogP contribution is -2.38. The molecular weight excluding hydrogens is 356 g/mol. The summed E-state index contributed by atoms with van der Waals surface area (Å²) in [7, 11) is 8.65. The van der Waals surface area contributed by atoms with Crippen molar-refractivity contribution in [3.63, 3.8) is 0 Å². The van der Waals surface area contributed by atoms with Crippen LogP contribution in [0.5, 0.6) is 17.2 Å². The number of aromatic nitrogens is 1. The van der Waals surface area contributed by atoms with Crippen LogP contribution in [0.3, 0.4) is 0 Å². The molecule has 1 heterocycles. The number of ether oxygens (including phenoxy) is 2. The number of aliphatic imine (C=N–C) groups is 1. The summed E-state index contributed by atoms with van der Waals surface area (Å²) in [6, 6.07) is 5.45. The first-order chi connectivity index (χ1) is 12.4. The van der Waals surface area contributed by atoms with Gasteiger partial charge in [-0.25, -0.2) is 0 Å². The summed E-state index contributed by atoms with van der Waals surface area (Å²) in [6.07, 6.45) is 1.87. The van der Waals surface area contributed by atoms with Gasteiger partial charge in [0.15, 0.2) is 17.5 Å². The summed E-state index contributed by atoms with van der Waals surface area (Å²) in [6.45, 7) is 1.16. The molecular formula is C18H25ClN4O3. The number of aromatic hydroxyl groups is 1. The van der Waals surface area contributed by atoms with Gasteiger partial charge in [-0.05, 0) is 23.8 Å². The van der Waals surface area contributed by atoms with Crippen LogP contribution in [0, 0.1) is 0 Å². The Kier molecular flexibility index (Phi) is 6.63. The van der Waals surface area contributed by atoms with Crippen molar-refractivity contribution in [1.82, 2.24) is 14.8 Å². The highest BCUT2D eigenvalue weighted by molar-refractivity contribution is 6.30. The molecule has 0 saturated heterocycles. The lowest BCUT2D eigenvalue weighted by molar-refractivity contribution is 0.339. The molecule has 0 spiro atoms. The number of phenols is 1. The number of rotatable bonds is 6. The van der Waals surface area contributed by atoms with Crippen molar-refractivity contribution in [1.29, 1.82) is 0 Å². The van der Waals surface area contributed by atoms with E-state index in [4.69, 9.17) is 21.1 Å². The second kappa shape index (κ2) is 8.71. The van der Waals surface area contributed by atoms with Crippen molar-refractivity contribution in [3.8, 4) is 17.2 Å². The molecule has 0 unspecified atom stereocenters. The molecule has 0 aliphatic carbocycles. The Balaban J connectivity index is 2.08. The minimum atomic E-state index is -0.0131. The number of hydrogen-bond acceptors (Lipinski definition) is 4. The monoisotopic (exact) mass is 380 g/mol. The normalized spacial score (nSPS) is 11.4. The van der Waals surface area contributed by atoms with Crippen LogP contribution in [-0.4, -0.2) is 48.8 Å². The largest absolute Gasteiger partial charge is 0.502 e. The topological polar surface area (TPSA) is 71.2 Å². The molecule has 26 heavy (non-hydrogen) atoms. The molecule has 0 saturated carbocycles. The summed E-state index contributed by atoms with van der Waals surface area (Å²) in [5.74, 6) is 1.44. The zero-order valence-corrected chi connectivity index (χ0v) is 16.5. The molecule has 1 aromatic heterocycles. The Hall–Kier alpha value is -2.54. The summed E-state index contributed by atoms with van der Waals surface area (Å²) >= 11 is 6.04. The first-order valence-electron chi connectivity index (χ1n) is 8.06. The smallest absolute Gasteiger partial charge is 0.200 e. The van der Waals surface area contributed by atoms with E-state index in [2.05, 4.69) is 10.3 Å². The van der Waals surface area contributed by atoms with Crippen LogP contribution in [0.15, 0.2) is 29.4 Å². The van der Waals surface area contributed by atoms with Crippen molar-refractivity contribution < 1.29 is 14.6 Å². The van der Waals surface area contributed by atoms with E-state index in [1.807, 2.05) is 35.8 Å². The third-order valence-corrected chi connectivity index (χ3v) is 4.24. The molecule has 0 aliphatic heterocycles. The molecule has 0 atom stereocenters. The van der Waals surface area contributed by atoms with Gasteiger partial charge in [0.1, 0.15) is 0 Å². The molecule has 0 amide bonds. The molecule has 2 rings (SSSR count). The molecule has 0 radical (unpaired) electrons. The zero-order valence-electron chi connectivity index (χ0n) is 15.7. The van der Waals surface area contributed by atoms with Crippen molar-refractivity contribution in [3.05, 3.63) is 40.7 Å². The summed E-state index contributed by atoms with van der Waals surface area (Å²) in [5, 5.41) is 14.0. The lowest BCUT2D eigenvalue weighted by Gasteiger charge is -2.22.